The first-order chi connectivity index (χ1) is 8.13. The summed E-state index contributed by atoms with van der Waals surface area (Å²) < 4.78 is 4.72. The molecule has 0 aromatic heterocycles. The van der Waals surface area contributed by atoms with Crippen LogP contribution < -0.4 is 0 Å². The van der Waals surface area contributed by atoms with Crippen LogP contribution in [0, 0.1) is 10.1 Å². The Morgan fingerprint density at radius 2 is 2.06 bits per heavy atom. The fourth-order valence-electron chi connectivity index (χ4n) is 1.24. The van der Waals surface area contributed by atoms with Crippen molar-refractivity contribution in [1.29, 1.82) is 0 Å². The first-order valence-corrected chi connectivity index (χ1v) is 5.20. The minimum Gasteiger partial charge on any atom is -0.463 e. The van der Waals surface area contributed by atoms with E-state index in [0.717, 1.165) is 5.56 Å². The Labute approximate surface area is 98.9 Å². The maximum atomic E-state index is 11.0. The van der Waals surface area contributed by atoms with Gasteiger partial charge in [0.1, 0.15) is 0 Å². The molecule has 0 N–H and O–H groups in total. The largest absolute Gasteiger partial charge is 0.463 e. The normalized spacial score (nSPS) is 10.4. The summed E-state index contributed by atoms with van der Waals surface area (Å²) in [7, 11) is 0. The van der Waals surface area contributed by atoms with Crippen molar-refractivity contribution in [2.75, 3.05) is 6.61 Å². The molecule has 0 saturated carbocycles. The van der Waals surface area contributed by atoms with Crippen LogP contribution in [0.15, 0.2) is 36.4 Å². The van der Waals surface area contributed by atoms with Crippen LogP contribution in [-0.2, 0) is 16.0 Å². The van der Waals surface area contributed by atoms with Crippen LogP contribution in [0.25, 0.3) is 0 Å². The molecule has 0 saturated heterocycles. The number of hydrogen-bond acceptors (Lipinski definition) is 4. The lowest BCUT2D eigenvalue weighted by molar-refractivity contribution is -0.384. The molecule has 0 radical (unpaired) electrons. The molecule has 0 spiro atoms. The number of nitro benzene ring substituents is 1. The van der Waals surface area contributed by atoms with Crippen LogP contribution in [0.2, 0.25) is 0 Å². The van der Waals surface area contributed by atoms with Gasteiger partial charge in [-0.05, 0) is 18.9 Å². The van der Waals surface area contributed by atoms with Gasteiger partial charge in [-0.25, -0.2) is 4.79 Å². The molecular formula is C12H13NO4. The van der Waals surface area contributed by atoms with Crippen LogP contribution in [0.3, 0.4) is 0 Å². The highest BCUT2D eigenvalue weighted by atomic mass is 16.6. The van der Waals surface area contributed by atoms with Gasteiger partial charge in [0.2, 0.25) is 0 Å². The fraction of sp³-hybridized carbons (Fsp3) is 0.250. The summed E-state index contributed by atoms with van der Waals surface area (Å²) in [4.78, 5) is 21.0. The number of benzene rings is 1. The summed E-state index contributed by atoms with van der Waals surface area (Å²) in [6, 6.07) is 6.20. The molecule has 0 aliphatic rings. The van der Waals surface area contributed by atoms with Gasteiger partial charge in [0.25, 0.3) is 5.69 Å². The molecule has 0 aliphatic carbocycles. The monoisotopic (exact) mass is 235 g/mol. The van der Waals surface area contributed by atoms with Crippen LogP contribution in [-0.4, -0.2) is 17.5 Å². The molecule has 0 heterocycles. The van der Waals surface area contributed by atoms with Crippen molar-refractivity contribution in [2.45, 2.75) is 13.3 Å². The lowest BCUT2D eigenvalue weighted by atomic mass is 10.1. The molecule has 17 heavy (non-hydrogen) atoms. The molecule has 0 fully saturated rings. The number of hydrogen-bond donors (Lipinski definition) is 0. The van der Waals surface area contributed by atoms with Crippen molar-refractivity contribution >= 4 is 11.7 Å². The van der Waals surface area contributed by atoms with E-state index < -0.39 is 4.92 Å². The van der Waals surface area contributed by atoms with Gasteiger partial charge in [0.15, 0.2) is 0 Å². The zero-order valence-corrected chi connectivity index (χ0v) is 9.46. The number of rotatable bonds is 5. The van der Waals surface area contributed by atoms with E-state index in [1.165, 1.54) is 18.2 Å². The lowest BCUT2D eigenvalue weighted by Gasteiger charge is -1.97. The Morgan fingerprint density at radius 3 is 2.59 bits per heavy atom. The third-order valence-electron chi connectivity index (χ3n) is 2.04. The number of esters is 1. The van der Waals surface area contributed by atoms with Crippen molar-refractivity contribution in [2.24, 2.45) is 0 Å². The summed E-state index contributed by atoms with van der Waals surface area (Å²) in [6.07, 6.45) is 3.56. The smallest absolute Gasteiger partial charge is 0.330 e. The Kier molecular flexibility index (Phi) is 4.87. The molecule has 0 aliphatic heterocycles. The Hall–Kier alpha value is -2.17. The van der Waals surface area contributed by atoms with Crippen molar-refractivity contribution in [3.63, 3.8) is 0 Å². The van der Waals surface area contributed by atoms with Gasteiger partial charge in [-0.1, -0.05) is 18.2 Å². The van der Waals surface area contributed by atoms with Crippen molar-refractivity contribution in [1.82, 2.24) is 0 Å². The Bertz CT molecular complexity index is 423. The van der Waals surface area contributed by atoms with Crippen molar-refractivity contribution < 1.29 is 14.5 Å². The van der Waals surface area contributed by atoms with Gasteiger partial charge in [0.05, 0.1) is 11.5 Å². The van der Waals surface area contributed by atoms with E-state index in [0.29, 0.717) is 13.0 Å². The number of non-ortho nitro benzene ring substituents is 1. The molecule has 90 valence electrons. The van der Waals surface area contributed by atoms with Crippen LogP contribution in [0.1, 0.15) is 12.5 Å². The topological polar surface area (TPSA) is 69.4 Å². The lowest BCUT2D eigenvalue weighted by Crippen LogP contribution is -1.99. The molecule has 1 rings (SSSR count). The average molecular weight is 235 g/mol. The van der Waals surface area contributed by atoms with Gasteiger partial charge in [0, 0.05) is 18.2 Å². The van der Waals surface area contributed by atoms with Crippen molar-refractivity contribution in [3.8, 4) is 0 Å². The van der Waals surface area contributed by atoms with Gasteiger partial charge in [-0.3, -0.25) is 10.1 Å². The predicted octanol–water partition coefficient (Wildman–Crippen LogP) is 2.26. The van der Waals surface area contributed by atoms with E-state index in [1.807, 2.05) is 0 Å². The number of carbonyl (C=O) groups excluding carboxylic acids is 1. The van der Waals surface area contributed by atoms with Crippen LogP contribution in [0.5, 0.6) is 0 Å². The summed E-state index contributed by atoms with van der Waals surface area (Å²) in [5.74, 6) is -0.380. The van der Waals surface area contributed by atoms with Gasteiger partial charge in [-0.15, -0.1) is 0 Å². The Morgan fingerprint density at radius 1 is 1.41 bits per heavy atom. The maximum Gasteiger partial charge on any atom is 0.330 e. The summed E-state index contributed by atoms with van der Waals surface area (Å²) >= 11 is 0. The molecule has 5 nitrogen and oxygen atoms in total. The second kappa shape index (κ2) is 6.42. The highest BCUT2D eigenvalue weighted by molar-refractivity contribution is 5.81. The summed E-state index contributed by atoms with van der Waals surface area (Å²) in [5, 5.41) is 10.4. The first kappa shape index (κ1) is 12.9. The average Bonchev–Trinajstić information content (AvgIpc) is 2.30. The third kappa shape index (κ3) is 4.46. The quantitative estimate of drug-likeness (QED) is 0.339. The number of carbonyl (C=O) groups is 1. The number of allylic oxidation sites excluding steroid dienone is 1. The zero-order chi connectivity index (χ0) is 12.7. The Balaban J connectivity index is 2.52. The van der Waals surface area contributed by atoms with Gasteiger partial charge in [-0.2, -0.15) is 0 Å². The third-order valence-corrected chi connectivity index (χ3v) is 2.04. The standard InChI is InChI=1S/C12H13NO4/c1-2-17-12(14)5-3-4-10-6-8-11(9-7-10)13(15)16/h3,5-9H,2,4H2,1H3. The molecule has 1 aromatic rings. The van der Waals surface area contributed by atoms with E-state index >= 15 is 0 Å². The summed E-state index contributed by atoms with van der Waals surface area (Å²) in [5.41, 5.74) is 0.958. The fourth-order valence-corrected chi connectivity index (χ4v) is 1.24. The predicted molar refractivity (Wildman–Crippen MR) is 62.6 cm³/mol. The molecule has 1 aromatic carbocycles. The van der Waals surface area contributed by atoms with Gasteiger partial charge >= 0.3 is 5.97 Å². The van der Waals surface area contributed by atoms with Gasteiger partial charge < -0.3 is 4.74 Å². The van der Waals surface area contributed by atoms with E-state index in [9.17, 15) is 14.9 Å². The van der Waals surface area contributed by atoms with E-state index in [-0.39, 0.29) is 11.7 Å². The highest BCUT2D eigenvalue weighted by Gasteiger charge is 2.02. The second-order valence-electron chi connectivity index (χ2n) is 3.28. The molecule has 0 bridgehead atoms. The molecule has 5 heteroatoms. The van der Waals surface area contributed by atoms with Crippen LogP contribution in [0.4, 0.5) is 5.69 Å². The highest BCUT2D eigenvalue weighted by Crippen LogP contribution is 2.12. The molecule has 0 unspecified atom stereocenters. The molecule has 0 amide bonds. The van der Waals surface area contributed by atoms with E-state index in [4.69, 9.17) is 4.74 Å². The second-order valence-corrected chi connectivity index (χ2v) is 3.28. The SMILES string of the molecule is CCOC(=O)C=CCc1ccc([N+](=O)[O-])cc1. The first-order valence-electron chi connectivity index (χ1n) is 5.20. The zero-order valence-electron chi connectivity index (χ0n) is 9.46. The minimum atomic E-state index is -0.446. The minimum absolute atomic E-state index is 0.0584. The van der Waals surface area contributed by atoms with E-state index in [1.54, 1.807) is 25.1 Å². The van der Waals surface area contributed by atoms with Crippen LogP contribution >= 0.6 is 0 Å². The van der Waals surface area contributed by atoms with Crippen molar-refractivity contribution in [3.05, 3.63) is 52.1 Å². The van der Waals surface area contributed by atoms with E-state index in [2.05, 4.69) is 0 Å². The molecule has 0 atom stereocenters. The summed E-state index contributed by atoms with van der Waals surface area (Å²) in [6.45, 7) is 2.09. The number of nitro groups is 1. The molecular weight excluding hydrogens is 222 g/mol. The number of nitrogens with zero attached hydrogens (tertiary/aromatic N) is 1. The maximum absolute atomic E-state index is 11.0. The number of ether oxygens (including phenoxy) is 1.